The highest BCUT2D eigenvalue weighted by molar-refractivity contribution is 5.78. The summed E-state index contributed by atoms with van der Waals surface area (Å²) in [4.78, 5) is 21.6. The van der Waals surface area contributed by atoms with Gasteiger partial charge in [-0.2, -0.15) is 0 Å². The van der Waals surface area contributed by atoms with Crippen LogP contribution >= 0.6 is 0 Å². The van der Waals surface area contributed by atoms with Crippen LogP contribution in [0.5, 0.6) is 0 Å². The Balaban J connectivity index is 3.71. The van der Waals surface area contributed by atoms with Crippen molar-refractivity contribution in [1.82, 2.24) is 0 Å². The summed E-state index contributed by atoms with van der Waals surface area (Å²) in [6.45, 7) is 8.71. The molecule has 0 heterocycles. The first-order chi connectivity index (χ1) is 6.85. The zero-order valence-corrected chi connectivity index (χ0v) is 10.5. The molecule has 88 valence electrons. The summed E-state index contributed by atoms with van der Waals surface area (Å²) in [6, 6.07) is 0. The molecule has 1 atom stereocenters. The smallest absolute Gasteiger partial charge is 0.133 e. The third kappa shape index (κ3) is 9.64. The van der Waals surface area contributed by atoms with Crippen LogP contribution in [0.1, 0.15) is 59.8 Å². The fourth-order valence-electron chi connectivity index (χ4n) is 1.99. The standard InChI is InChI=1S/C13H24O2/c1-11(10-13(2,3)4)9-12(15)7-5-6-8-14/h8,11H,5-7,9-10H2,1-4H3. The Labute approximate surface area is 93.4 Å². The molecule has 0 radical (unpaired) electrons. The van der Waals surface area contributed by atoms with Crippen molar-refractivity contribution in [2.24, 2.45) is 11.3 Å². The lowest BCUT2D eigenvalue weighted by molar-refractivity contribution is -0.120. The van der Waals surface area contributed by atoms with Crippen molar-refractivity contribution in [3.8, 4) is 0 Å². The lowest BCUT2D eigenvalue weighted by Gasteiger charge is -2.22. The van der Waals surface area contributed by atoms with Crippen molar-refractivity contribution < 1.29 is 9.59 Å². The monoisotopic (exact) mass is 212 g/mol. The quantitative estimate of drug-likeness (QED) is 0.479. The number of aldehydes is 1. The maximum absolute atomic E-state index is 11.5. The highest BCUT2D eigenvalue weighted by atomic mass is 16.1. The van der Waals surface area contributed by atoms with E-state index in [2.05, 4.69) is 27.7 Å². The van der Waals surface area contributed by atoms with E-state index in [1.165, 1.54) is 0 Å². The number of unbranched alkanes of at least 4 members (excludes halogenated alkanes) is 1. The molecular formula is C13H24O2. The second-order valence-corrected chi connectivity index (χ2v) is 5.67. The first-order valence-electron chi connectivity index (χ1n) is 5.80. The van der Waals surface area contributed by atoms with Gasteiger partial charge in [-0.05, 0) is 24.2 Å². The van der Waals surface area contributed by atoms with Gasteiger partial charge in [0.15, 0.2) is 0 Å². The molecule has 0 aromatic rings. The van der Waals surface area contributed by atoms with Crippen LogP contribution < -0.4 is 0 Å². The molecule has 0 spiro atoms. The fourth-order valence-corrected chi connectivity index (χ4v) is 1.99. The van der Waals surface area contributed by atoms with Gasteiger partial charge in [0.25, 0.3) is 0 Å². The molecule has 0 aliphatic carbocycles. The molecule has 0 saturated carbocycles. The molecule has 15 heavy (non-hydrogen) atoms. The Morgan fingerprint density at radius 3 is 2.40 bits per heavy atom. The molecule has 0 aromatic heterocycles. The number of carbonyl (C=O) groups is 2. The summed E-state index contributed by atoms with van der Waals surface area (Å²) >= 11 is 0. The summed E-state index contributed by atoms with van der Waals surface area (Å²) in [5.41, 5.74) is 0.294. The first kappa shape index (κ1) is 14.3. The molecule has 0 aromatic carbocycles. The van der Waals surface area contributed by atoms with Crippen molar-refractivity contribution in [3.05, 3.63) is 0 Å². The van der Waals surface area contributed by atoms with Gasteiger partial charge >= 0.3 is 0 Å². The molecule has 0 rings (SSSR count). The van der Waals surface area contributed by atoms with E-state index in [9.17, 15) is 9.59 Å². The Morgan fingerprint density at radius 2 is 1.93 bits per heavy atom. The summed E-state index contributed by atoms with van der Waals surface area (Å²) < 4.78 is 0. The topological polar surface area (TPSA) is 34.1 Å². The molecule has 0 fully saturated rings. The third-order valence-electron chi connectivity index (χ3n) is 2.31. The minimum absolute atomic E-state index is 0.294. The molecule has 0 N–H and O–H groups in total. The number of carbonyl (C=O) groups excluding carboxylic acids is 2. The Hall–Kier alpha value is -0.660. The largest absolute Gasteiger partial charge is 0.303 e. The average Bonchev–Trinajstić information content (AvgIpc) is 2.00. The van der Waals surface area contributed by atoms with Crippen molar-refractivity contribution >= 4 is 12.1 Å². The van der Waals surface area contributed by atoms with Crippen LogP contribution in [-0.2, 0) is 9.59 Å². The number of hydrogen-bond donors (Lipinski definition) is 0. The van der Waals surface area contributed by atoms with E-state index in [-0.39, 0.29) is 0 Å². The van der Waals surface area contributed by atoms with Gasteiger partial charge < -0.3 is 4.79 Å². The fraction of sp³-hybridized carbons (Fsp3) is 0.846. The van der Waals surface area contributed by atoms with Gasteiger partial charge in [-0.3, -0.25) is 4.79 Å². The molecular weight excluding hydrogens is 188 g/mol. The molecule has 2 nitrogen and oxygen atoms in total. The summed E-state index contributed by atoms with van der Waals surface area (Å²) in [5.74, 6) is 0.752. The van der Waals surface area contributed by atoms with Crippen LogP contribution in [0, 0.1) is 11.3 Å². The van der Waals surface area contributed by atoms with Crippen molar-refractivity contribution in [2.75, 3.05) is 0 Å². The van der Waals surface area contributed by atoms with E-state index in [0.717, 1.165) is 12.7 Å². The van der Waals surface area contributed by atoms with E-state index in [1.807, 2.05) is 0 Å². The van der Waals surface area contributed by atoms with Crippen LogP contribution in [0.3, 0.4) is 0 Å². The summed E-state index contributed by atoms with van der Waals surface area (Å²) in [5, 5.41) is 0. The molecule has 2 heteroatoms. The van der Waals surface area contributed by atoms with Gasteiger partial charge in [-0.25, -0.2) is 0 Å². The van der Waals surface area contributed by atoms with E-state index >= 15 is 0 Å². The number of ketones is 1. The first-order valence-corrected chi connectivity index (χ1v) is 5.80. The molecule has 0 bridgehead atoms. The molecule has 0 aliphatic rings. The highest BCUT2D eigenvalue weighted by Gasteiger charge is 2.17. The van der Waals surface area contributed by atoms with Gasteiger partial charge in [0.1, 0.15) is 12.1 Å². The molecule has 0 aliphatic heterocycles. The van der Waals surface area contributed by atoms with Gasteiger partial charge in [0.2, 0.25) is 0 Å². The minimum atomic E-state index is 0.294. The Bertz CT molecular complexity index is 201. The van der Waals surface area contributed by atoms with E-state index in [0.29, 0.717) is 42.8 Å². The summed E-state index contributed by atoms with van der Waals surface area (Å²) in [7, 11) is 0. The number of hydrogen-bond acceptors (Lipinski definition) is 2. The Kier molecular flexibility index (Phi) is 6.46. The molecule has 0 amide bonds. The second kappa shape index (κ2) is 6.76. The molecule has 0 saturated heterocycles. The van der Waals surface area contributed by atoms with E-state index in [4.69, 9.17) is 0 Å². The van der Waals surface area contributed by atoms with E-state index in [1.54, 1.807) is 0 Å². The van der Waals surface area contributed by atoms with Crippen LogP contribution in [-0.4, -0.2) is 12.1 Å². The SMILES string of the molecule is CC(CC(=O)CCCC=O)CC(C)(C)C. The predicted molar refractivity (Wildman–Crippen MR) is 62.8 cm³/mol. The van der Waals surface area contributed by atoms with Gasteiger partial charge in [-0.15, -0.1) is 0 Å². The van der Waals surface area contributed by atoms with Crippen molar-refractivity contribution in [1.29, 1.82) is 0 Å². The number of Topliss-reactive ketones (excluding diaryl/α,β-unsaturated/α-hetero) is 1. The zero-order valence-electron chi connectivity index (χ0n) is 10.5. The lowest BCUT2D eigenvalue weighted by atomic mass is 9.83. The highest BCUT2D eigenvalue weighted by Crippen LogP contribution is 2.26. The maximum atomic E-state index is 11.5. The number of rotatable bonds is 7. The zero-order chi connectivity index (χ0) is 11.9. The maximum Gasteiger partial charge on any atom is 0.133 e. The normalized spacial score (nSPS) is 13.6. The average molecular weight is 212 g/mol. The van der Waals surface area contributed by atoms with Crippen LogP contribution in [0.2, 0.25) is 0 Å². The predicted octanol–water partition coefficient (Wildman–Crippen LogP) is 3.39. The van der Waals surface area contributed by atoms with E-state index < -0.39 is 0 Å². The van der Waals surface area contributed by atoms with Crippen molar-refractivity contribution in [2.45, 2.75) is 59.8 Å². The summed E-state index contributed by atoms with van der Waals surface area (Å²) in [6.07, 6.45) is 4.41. The molecule has 1 unspecified atom stereocenters. The van der Waals surface area contributed by atoms with Crippen LogP contribution in [0.15, 0.2) is 0 Å². The minimum Gasteiger partial charge on any atom is -0.303 e. The third-order valence-corrected chi connectivity index (χ3v) is 2.31. The van der Waals surface area contributed by atoms with Crippen molar-refractivity contribution in [3.63, 3.8) is 0 Å². The van der Waals surface area contributed by atoms with Crippen LogP contribution in [0.25, 0.3) is 0 Å². The van der Waals surface area contributed by atoms with Gasteiger partial charge in [0.05, 0.1) is 0 Å². The second-order valence-electron chi connectivity index (χ2n) is 5.67. The van der Waals surface area contributed by atoms with Crippen LogP contribution in [0.4, 0.5) is 0 Å². The van der Waals surface area contributed by atoms with Gasteiger partial charge in [-0.1, -0.05) is 27.7 Å². The lowest BCUT2D eigenvalue weighted by Crippen LogP contribution is -2.14. The van der Waals surface area contributed by atoms with Gasteiger partial charge in [0, 0.05) is 19.3 Å². The Morgan fingerprint density at radius 1 is 1.33 bits per heavy atom.